The smallest absolute Gasteiger partial charge is 0.270 e. The van der Waals surface area contributed by atoms with Crippen LogP contribution in [0.1, 0.15) is 22.0 Å². The fourth-order valence-corrected chi connectivity index (χ4v) is 2.58. The molecule has 2 aromatic rings. The van der Waals surface area contributed by atoms with Crippen LogP contribution < -0.4 is 5.32 Å². The first-order chi connectivity index (χ1) is 9.99. The molecule has 0 saturated heterocycles. The van der Waals surface area contributed by atoms with E-state index in [0.29, 0.717) is 5.56 Å². The van der Waals surface area contributed by atoms with E-state index in [1.165, 1.54) is 23.5 Å². The minimum absolute atomic E-state index is 0.00313. The minimum Gasteiger partial charge on any atom is -0.387 e. The Hall–Kier alpha value is -1.96. The van der Waals surface area contributed by atoms with Crippen LogP contribution in [0.2, 0.25) is 5.02 Å². The Morgan fingerprint density at radius 2 is 2.24 bits per heavy atom. The fraction of sp³-hybridized carbons (Fsp3) is 0.154. The van der Waals surface area contributed by atoms with E-state index in [1.807, 2.05) is 5.38 Å². The first-order valence-electron chi connectivity index (χ1n) is 5.91. The van der Waals surface area contributed by atoms with Gasteiger partial charge in [0.2, 0.25) is 0 Å². The van der Waals surface area contributed by atoms with E-state index in [2.05, 4.69) is 5.32 Å². The standard InChI is InChI=1S/C13H11ClN2O4S/c14-11-2-1-9(16(19)20)5-10(11)13(18)15-6-12(17)8-3-4-21-7-8/h1-5,7,12,17H,6H2,(H,15,18). The maximum absolute atomic E-state index is 12.0. The predicted molar refractivity (Wildman–Crippen MR) is 79.7 cm³/mol. The lowest BCUT2D eigenvalue weighted by Gasteiger charge is -2.11. The average Bonchev–Trinajstić information content (AvgIpc) is 2.98. The van der Waals surface area contributed by atoms with Crippen molar-refractivity contribution < 1.29 is 14.8 Å². The Balaban J connectivity index is 2.06. The minimum atomic E-state index is -0.835. The number of halogens is 1. The summed E-state index contributed by atoms with van der Waals surface area (Å²) >= 11 is 7.30. The number of aliphatic hydroxyl groups is 1. The summed E-state index contributed by atoms with van der Waals surface area (Å²) in [7, 11) is 0. The number of nitrogens with one attached hydrogen (secondary N) is 1. The zero-order valence-corrected chi connectivity index (χ0v) is 12.2. The summed E-state index contributed by atoms with van der Waals surface area (Å²) in [6, 6.07) is 5.37. The SMILES string of the molecule is O=C(NCC(O)c1ccsc1)c1cc([N+](=O)[O-])ccc1Cl. The highest BCUT2D eigenvalue weighted by Gasteiger charge is 2.17. The summed E-state index contributed by atoms with van der Waals surface area (Å²) in [6.45, 7) is -0.00537. The molecular weight excluding hydrogens is 316 g/mol. The van der Waals surface area contributed by atoms with Gasteiger partial charge in [-0.1, -0.05) is 11.6 Å². The number of amides is 1. The molecule has 110 valence electrons. The van der Waals surface area contributed by atoms with E-state index in [4.69, 9.17) is 11.6 Å². The molecule has 1 aromatic carbocycles. The van der Waals surface area contributed by atoms with Crippen LogP contribution in [0, 0.1) is 10.1 Å². The number of benzene rings is 1. The van der Waals surface area contributed by atoms with Gasteiger partial charge in [0.25, 0.3) is 11.6 Å². The van der Waals surface area contributed by atoms with Crippen LogP contribution in [0.3, 0.4) is 0 Å². The number of thiophene rings is 1. The number of hydrogen-bond donors (Lipinski definition) is 2. The molecular formula is C13H11ClN2O4S. The van der Waals surface area contributed by atoms with Gasteiger partial charge in [-0.15, -0.1) is 0 Å². The van der Waals surface area contributed by atoms with Gasteiger partial charge in [0.1, 0.15) is 0 Å². The maximum Gasteiger partial charge on any atom is 0.270 e. The van der Waals surface area contributed by atoms with Crippen LogP contribution in [0.15, 0.2) is 35.0 Å². The van der Waals surface area contributed by atoms with Crippen molar-refractivity contribution in [2.75, 3.05) is 6.54 Å². The number of carbonyl (C=O) groups is 1. The Morgan fingerprint density at radius 1 is 1.48 bits per heavy atom. The zero-order valence-electron chi connectivity index (χ0n) is 10.7. The summed E-state index contributed by atoms with van der Waals surface area (Å²) in [4.78, 5) is 22.1. The normalized spacial score (nSPS) is 11.9. The summed E-state index contributed by atoms with van der Waals surface area (Å²) < 4.78 is 0. The third-order valence-corrected chi connectivity index (χ3v) is 3.82. The van der Waals surface area contributed by atoms with Gasteiger partial charge >= 0.3 is 0 Å². The monoisotopic (exact) mass is 326 g/mol. The second kappa shape index (κ2) is 6.66. The number of rotatable bonds is 5. The van der Waals surface area contributed by atoms with Crippen molar-refractivity contribution in [3.05, 3.63) is 61.3 Å². The first kappa shape index (κ1) is 15.4. The van der Waals surface area contributed by atoms with Crippen LogP contribution in [0.4, 0.5) is 5.69 Å². The molecule has 0 fully saturated rings. The highest BCUT2D eigenvalue weighted by molar-refractivity contribution is 7.07. The Kier molecular flexibility index (Phi) is 4.89. The van der Waals surface area contributed by atoms with Crippen molar-refractivity contribution in [1.29, 1.82) is 0 Å². The summed E-state index contributed by atoms with van der Waals surface area (Å²) in [5, 5.41) is 26.8. The van der Waals surface area contributed by atoms with Gasteiger partial charge in [0, 0.05) is 18.7 Å². The molecule has 1 heterocycles. The quantitative estimate of drug-likeness (QED) is 0.652. The predicted octanol–water partition coefficient (Wildman–Crippen LogP) is 2.77. The van der Waals surface area contributed by atoms with E-state index in [1.54, 1.807) is 11.4 Å². The van der Waals surface area contributed by atoms with Gasteiger partial charge in [0.05, 0.1) is 21.6 Å². The van der Waals surface area contributed by atoms with E-state index < -0.39 is 16.9 Å². The van der Waals surface area contributed by atoms with Crippen molar-refractivity contribution in [3.8, 4) is 0 Å². The highest BCUT2D eigenvalue weighted by atomic mass is 35.5. The third-order valence-electron chi connectivity index (χ3n) is 2.79. The van der Waals surface area contributed by atoms with E-state index in [9.17, 15) is 20.0 Å². The van der Waals surface area contributed by atoms with Gasteiger partial charge in [0.15, 0.2) is 0 Å². The van der Waals surface area contributed by atoms with Crippen molar-refractivity contribution in [2.45, 2.75) is 6.10 Å². The van der Waals surface area contributed by atoms with E-state index in [0.717, 1.165) is 6.07 Å². The largest absolute Gasteiger partial charge is 0.387 e. The molecule has 0 saturated carbocycles. The zero-order chi connectivity index (χ0) is 15.4. The van der Waals surface area contributed by atoms with Crippen molar-refractivity contribution >= 4 is 34.5 Å². The van der Waals surface area contributed by atoms with Gasteiger partial charge in [-0.2, -0.15) is 11.3 Å². The van der Waals surface area contributed by atoms with Crippen molar-refractivity contribution in [3.63, 3.8) is 0 Å². The highest BCUT2D eigenvalue weighted by Crippen LogP contribution is 2.22. The number of nitrogens with zero attached hydrogens (tertiary/aromatic N) is 1. The molecule has 0 radical (unpaired) electrons. The van der Waals surface area contributed by atoms with Gasteiger partial charge < -0.3 is 10.4 Å². The van der Waals surface area contributed by atoms with E-state index in [-0.39, 0.29) is 22.8 Å². The molecule has 21 heavy (non-hydrogen) atoms. The van der Waals surface area contributed by atoms with Gasteiger partial charge in [-0.3, -0.25) is 14.9 Å². The topological polar surface area (TPSA) is 92.5 Å². The number of aliphatic hydroxyl groups excluding tert-OH is 1. The van der Waals surface area contributed by atoms with Crippen LogP contribution in [0.5, 0.6) is 0 Å². The van der Waals surface area contributed by atoms with Gasteiger partial charge in [-0.05, 0) is 28.5 Å². The Labute approximate surface area is 129 Å². The van der Waals surface area contributed by atoms with Crippen LogP contribution in [-0.2, 0) is 0 Å². The Morgan fingerprint density at radius 3 is 2.86 bits per heavy atom. The molecule has 0 aliphatic heterocycles. The lowest BCUT2D eigenvalue weighted by molar-refractivity contribution is -0.384. The summed E-state index contributed by atoms with van der Waals surface area (Å²) in [5.41, 5.74) is 0.483. The summed E-state index contributed by atoms with van der Waals surface area (Å²) in [5.74, 6) is -0.571. The molecule has 0 spiro atoms. The molecule has 0 aliphatic carbocycles. The van der Waals surface area contributed by atoms with Crippen molar-refractivity contribution in [1.82, 2.24) is 5.32 Å². The lowest BCUT2D eigenvalue weighted by Crippen LogP contribution is -2.28. The lowest BCUT2D eigenvalue weighted by atomic mass is 10.1. The number of non-ortho nitro benzene ring substituents is 1. The van der Waals surface area contributed by atoms with Gasteiger partial charge in [-0.25, -0.2) is 0 Å². The molecule has 2 N–H and O–H groups in total. The second-order valence-electron chi connectivity index (χ2n) is 4.20. The van der Waals surface area contributed by atoms with Crippen molar-refractivity contribution in [2.24, 2.45) is 0 Å². The summed E-state index contributed by atoms with van der Waals surface area (Å²) in [6.07, 6.45) is -0.835. The molecule has 0 bridgehead atoms. The number of nitro groups is 1. The van der Waals surface area contributed by atoms with Crippen LogP contribution in [0.25, 0.3) is 0 Å². The molecule has 1 unspecified atom stereocenters. The molecule has 1 aromatic heterocycles. The molecule has 8 heteroatoms. The number of nitro benzene ring substituents is 1. The van der Waals surface area contributed by atoms with Crippen LogP contribution >= 0.6 is 22.9 Å². The molecule has 1 amide bonds. The molecule has 0 aliphatic rings. The van der Waals surface area contributed by atoms with E-state index >= 15 is 0 Å². The first-order valence-corrected chi connectivity index (χ1v) is 7.23. The second-order valence-corrected chi connectivity index (χ2v) is 5.39. The molecule has 2 rings (SSSR count). The maximum atomic E-state index is 12.0. The average molecular weight is 327 g/mol. The van der Waals surface area contributed by atoms with Crippen LogP contribution in [-0.4, -0.2) is 22.5 Å². The number of hydrogen-bond acceptors (Lipinski definition) is 5. The third kappa shape index (κ3) is 3.78. The molecule has 1 atom stereocenters. The fourth-order valence-electron chi connectivity index (χ4n) is 1.67. The molecule has 6 nitrogen and oxygen atoms in total. The Bertz CT molecular complexity index is 660. The number of carbonyl (C=O) groups excluding carboxylic acids is 1.